The number of hydrogen-bond donors (Lipinski definition) is 1. The maximum atomic E-state index is 12.8. The number of benzene rings is 2. The minimum Gasteiger partial charge on any atom is -0.336 e. The summed E-state index contributed by atoms with van der Waals surface area (Å²) >= 11 is 0. The van der Waals surface area contributed by atoms with E-state index < -0.39 is 0 Å². The molecule has 1 N–H and O–H groups in total. The monoisotopic (exact) mass is 390 g/mol. The van der Waals surface area contributed by atoms with Crippen LogP contribution < -0.4 is 11.1 Å². The summed E-state index contributed by atoms with van der Waals surface area (Å²) in [5.41, 5.74) is 0.806. The Balaban J connectivity index is 1.76. The van der Waals surface area contributed by atoms with E-state index in [4.69, 9.17) is 5.26 Å². The van der Waals surface area contributed by atoms with Crippen molar-refractivity contribution in [3.63, 3.8) is 0 Å². The van der Waals surface area contributed by atoms with Crippen molar-refractivity contribution in [2.75, 3.05) is 0 Å². The van der Waals surface area contributed by atoms with Crippen LogP contribution >= 0.6 is 0 Å². The lowest BCUT2D eigenvalue weighted by molar-refractivity contribution is -0.133. The Morgan fingerprint density at radius 1 is 1.10 bits per heavy atom. The number of aromatic nitrogens is 2. The molecule has 1 amide bonds. The van der Waals surface area contributed by atoms with Gasteiger partial charge in [0.1, 0.15) is 0 Å². The number of hydrogen-bond acceptors (Lipinski definition) is 4. The lowest BCUT2D eigenvalue weighted by atomic mass is 10.1. The van der Waals surface area contributed by atoms with Crippen LogP contribution in [-0.4, -0.2) is 26.6 Å². The van der Waals surface area contributed by atoms with Gasteiger partial charge < -0.3 is 4.90 Å². The Labute approximate surface area is 167 Å². The zero-order valence-electron chi connectivity index (χ0n) is 16.4. The van der Waals surface area contributed by atoms with Crippen LogP contribution in [0.2, 0.25) is 0 Å². The van der Waals surface area contributed by atoms with Gasteiger partial charge in [-0.1, -0.05) is 24.3 Å². The Morgan fingerprint density at radius 2 is 1.76 bits per heavy atom. The highest BCUT2D eigenvalue weighted by atomic mass is 16.2. The zero-order valence-corrected chi connectivity index (χ0v) is 16.4. The van der Waals surface area contributed by atoms with Crippen LogP contribution in [0.1, 0.15) is 31.4 Å². The maximum absolute atomic E-state index is 12.8. The number of nitrogens with one attached hydrogen (secondary N) is 1. The summed E-state index contributed by atoms with van der Waals surface area (Å²) in [5.74, 6) is -0.120. The number of H-pyrrole nitrogens is 1. The SMILES string of the molecule is CC(C)N(Cc1ccc(C#N)cc1)C(=O)CCn1[nH]c(=O)c2ccccc2c1=O. The van der Waals surface area contributed by atoms with Crippen molar-refractivity contribution in [3.05, 3.63) is 80.4 Å². The van der Waals surface area contributed by atoms with Gasteiger partial charge in [0.2, 0.25) is 5.91 Å². The van der Waals surface area contributed by atoms with E-state index in [-0.39, 0.29) is 36.0 Å². The van der Waals surface area contributed by atoms with Gasteiger partial charge in [-0.25, -0.2) is 4.68 Å². The molecule has 0 saturated heterocycles. The largest absolute Gasteiger partial charge is 0.336 e. The molecule has 29 heavy (non-hydrogen) atoms. The minimum atomic E-state index is -0.356. The fourth-order valence-electron chi connectivity index (χ4n) is 3.20. The molecule has 0 bridgehead atoms. The number of aryl methyl sites for hydroxylation is 1. The van der Waals surface area contributed by atoms with E-state index in [0.717, 1.165) is 5.56 Å². The minimum absolute atomic E-state index is 0.0366. The Morgan fingerprint density at radius 3 is 2.38 bits per heavy atom. The molecule has 0 aliphatic heterocycles. The van der Waals surface area contributed by atoms with Gasteiger partial charge in [-0.3, -0.25) is 19.5 Å². The smallest absolute Gasteiger partial charge is 0.273 e. The third kappa shape index (κ3) is 4.43. The molecule has 7 heteroatoms. The van der Waals surface area contributed by atoms with Gasteiger partial charge >= 0.3 is 0 Å². The van der Waals surface area contributed by atoms with Gasteiger partial charge in [0, 0.05) is 19.0 Å². The molecular weight excluding hydrogens is 368 g/mol. The molecule has 0 saturated carbocycles. The Kier molecular flexibility index (Phi) is 5.93. The third-order valence-corrected chi connectivity index (χ3v) is 4.81. The molecule has 0 atom stereocenters. The van der Waals surface area contributed by atoms with Crippen LogP contribution in [0, 0.1) is 11.3 Å². The molecule has 1 heterocycles. The van der Waals surface area contributed by atoms with Gasteiger partial charge in [0.25, 0.3) is 11.1 Å². The molecule has 0 aliphatic rings. The van der Waals surface area contributed by atoms with Crippen LogP contribution in [0.3, 0.4) is 0 Å². The Hall–Kier alpha value is -3.66. The standard InChI is InChI=1S/C22H22N4O3/c1-15(2)25(14-17-9-7-16(13-23)8-10-17)20(27)11-12-26-22(29)19-6-4-3-5-18(19)21(28)24-26/h3-10,15H,11-12,14H2,1-2H3,(H,24,28). The maximum Gasteiger partial charge on any atom is 0.273 e. The number of rotatable bonds is 6. The number of aromatic amines is 1. The number of amides is 1. The van der Waals surface area contributed by atoms with Crippen LogP contribution in [-0.2, 0) is 17.9 Å². The summed E-state index contributed by atoms with van der Waals surface area (Å²) in [5, 5.41) is 12.1. The van der Waals surface area contributed by atoms with E-state index in [1.54, 1.807) is 41.3 Å². The Bertz CT molecular complexity index is 1180. The average molecular weight is 390 g/mol. The van der Waals surface area contributed by atoms with E-state index in [1.807, 2.05) is 26.0 Å². The topological polar surface area (TPSA) is 99.0 Å². The van der Waals surface area contributed by atoms with Gasteiger partial charge in [-0.2, -0.15) is 5.26 Å². The lowest BCUT2D eigenvalue weighted by Gasteiger charge is -2.27. The lowest BCUT2D eigenvalue weighted by Crippen LogP contribution is -2.38. The highest BCUT2D eigenvalue weighted by molar-refractivity contribution is 5.80. The van der Waals surface area contributed by atoms with E-state index in [1.165, 1.54) is 4.68 Å². The molecule has 3 rings (SSSR count). The highest BCUT2D eigenvalue weighted by Gasteiger charge is 2.18. The number of nitriles is 1. The molecule has 0 unspecified atom stereocenters. The number of fused-ring (bicyclic) bond motifs is 1. The molecule has 148 valence electrons. The van der Waals surface area contributed by atoms with Crippen molar-refractivity contribution in [2.45, 2.75) is 39.4 Å². The van der Waals surface area contributed by atoms with Crippen molar-refractivity contribution >= 4 is 16.7 Å². The first-order chi connectivity index (χ1) is 13.9. The number of nitrogens with zero attached hydrogens (tertiary/aromatic N) is 3. The quantitative estimate of drug-likeness (QED) is 0.698. The first-order valence-corrected chi connectivity index (χ1v) is 9.41. The molecular formula is C22H22N4O3. The first kappa shape index (κ1) is 20.1. The molecule has 0 spiro atoms. The van der Waals surface area contributed by atoms with Crippen LogP contribution in [0.25, 0.3) is 10.8 Å². The third-order valence-electron chi connectivity index (χ3n) is 4.81. The highest BCUT2D eigenvalue weighted by Crippen LogP contribution is 2.12. The van der Waals surface area contributed by atoms with E-state index >= 15 is 0 Å². The van der Waals surface area contributed by atoms with Crippen molar-refractivity contribution in [3.8, 4) is 6.07 Å². The van der Waals surface area contributed by atoms with Crippen LogP contribution in [0.15, 0.2) is 58.1 Å². The number of carbonyl (C=O) groups is 1. The second-order valence-corrected chi connectivity index (χ2v) is 7.12. The summed E-state index contributed by atoms with van der Waals surface area (Å²) in [4.78, 5) is 39.3. The van der Waals surface area contributed by atoms with Crippen molar-refractivity contribution < 1.29 is 4.79 Å². The molecule has 0 fully saturated rings. The summed E-state index contributed by atoms with van der Waals surface area (Å²) in [6.07, 6.45) is 0.0860. The molecule has 0 aliphatic carbocycles. The average Bonchev–Trinajstić information content (AvgIpc) is 2.73. The molecule has 7 nitrogen and oxygen atoms in total. The van der Waals surface area contributed by atoms with Gasteiger partial charge in [-0.15, -0.1) is 0 Å². The summed E-state index contributed by atoms with van der Waals surface area (Å²) in [6, 6.07) is 15.7. The second kappa shape index (κ2) is 8.57. The fourth-order valence-corrected chi connectivity index (χ4v) is 3.20. The zero-order chi connectivity index (χ0) is 21.0. The second-order valence-electron chi connectivity index (χ2n) is 7.12. The van der Waals surface area contributed by atoms with Gasteiger partial charge in [0.05, 0.1) is 28.9 Å². The fraction of sp³-hybridized carbons (Fsp3) is 0.273. The van der Waals surface area contributed by atoms with E-state index in [2.05, 4.69) is 11.2 Å². The predicted molar refractivity (Wildman–Crippen MR) is 110 cm³/mol. The van der Waals surface area contributed by atoms with Crippen molar-refractivity contribution in [2.24, 2.45) is 0 Å². The summed E-state index contributed by atoms with van der Waals surface area (Å²) in [6.45, 7) is 4.34. The molecule has 1 aromatic heterocycles. The van der Waals surface area contributed by atoms with E-state index in [9.17, 15) is 14.4 Å². The molecule has 0 radical (unpaired) electrons. The predicted octanol–water partition coefficient (Wildman–Crippen LogP) is 2.39. The molecule has 3 aromatic rings. The normalized spacial score (nSPS) is 10.8. The van der Waals surface area contributed by atoms with Gasteiger partial charge in [-0.05, 0) is 43.7 Å². The van der Waals surface area contributed by atoms with Gasteiger partial charge in [0.15, 0.2) is 0 Å². The molecule has 2 aromatic carbocycles. The van der Waals surface area contributed by atoms with Crippen molar-refractivity contribution in [1.82, 2.24) is 14.7 Å². The van der Waals surface area contributed by atoms with E-state index in [0.29, 0.717) is 22.9 Å². The number of carbonyl (C=O) groups excluding carboxylic acids is 1. The summed E-state index contributed by atoms with van der Waals surface area (Å²) < 4.78 is 1.20. The first-order valence-electron chi connectivity index (χ1n) is 9.41. The van der Waals surface area contributed by atoms with Crippen LogP contribution in [0.5, 0.6) is 0 Å². The van der Waals surface area contributed by atoms with Crippen LogP contribution in [0.4, 0.5) is 0 Å². The van der Waals surface area contributed by atoms with Crippen molar-refractivity contribution in [1.29, 1.82) is 5.26 Å². The summed E-state index contributed by atoms with van der Waals surface area (Å²) in [7, 11) is 0.